The molecule has 7 heteroatoms. The lowest BCUT2D eigenvalue weighted by molar-refractivity contribution is 0.251. The van der Waals surface area contributed by atoms with E-state index in [4.69, 9.17) is 0 Å². The lowest BCUT2D eigenvalue weighted by Crippen LogP contribution is -2.31. The summed E-state index contributed by atoms with van der Waals surface area (Å²) < 4.78 is 2.91. The number of hydrogen-bond acceptors (Lipinski definition) is 3. The molecule has 2 aromatic heterocycles. The van der Waals surface area contributed by atoms with E-state index < -0.39 is 0 Å². The Hall–Kier alpha value is -3.09. The predicted octanol–water partition coefficient (Wildman–Crippen LogP) is 2.32. The van der Waals surface area contributed by atoms with Crippen LogP contribution in [-0.4, -0.2) is 26.8 Å². The van der Waals surface area contributed by atoms with Gasteiger partial charge in [-0.25, -0.2) is 14.3 Å². The first-order chi connectivity index (χ1) is 12.0. The van der Waals surface area contributed by atoms with Gasteiger partial charge in [0.2, 0.25) is 0 Å². The van der Waals surface area contributed by atoms with Gasteiger partial charge in [-0.1, -0.05) is 32.0 Å². The van der Waals surface area contributed by atoms with E-state index in [0.29, 0.717) is 30.3 Å². The summed E-state index contributed by atoms with van der Waals surface area (Å²) in [5.41, 5.74) is 1.97. The van der Waals surface area contributed by atoms with E-state index in [0.717, 1.165) is 5.56 Å². The maximum Gasteiger partial charge on any atom is 0.350 e. The zero-order valence-corrected chi connectivity index (χ0v) is 14.3. The highest BCUT2D eigenvalue weighted by atomic mass is 16.2. The SMILES string of the molecule is CC(C)CNC(=O)Nc1cccc(Cn2nc3ccccn3c2=O)c1. The number of carbonyl (C=O) groups is 1. The van der Waals surface area contributed by atoms with Gasteiger partial charge in [0.1, 0.15) is 0 Å². The summed E-state index contributed by atoms with van der Waals surface area (Å²) in [6, 6.07) is 12.6. The molecule has 0 unspecified atom stereocenters. The van der Waals surface area contributed by atoms with E-state index in [1.54, 1.807) is 18.3 Å². The molecule has 0 saturated heterocycles. The molecular weight excluding hydrogens is 318 g/mol. The third-order valence-electron chi connectivity index (χ3n) is 3.68. The fraction of sp³-hybridized carbons (Fsp3) is 0.278. The number of aromatic nitrogens is 3. The quantitative estimate of drug-likeness (QED) is 0.748. The molecule has 0 bridgehead atoms. The minimum absolute atomic E-state index is 0.191. The molecule has 1 aromatic carbocycles. The van der Waals surface area contributed by atoms with E-state index in [2.05, 4.69) is 15.7 Å². The number of fused-ring (bicyclic) bond motifs is 1. The highest BCUT2D eigenvalue weighted by Gasteiger charge is 2.08. The fourth-order valence-corrected chi connectivity index (χ4v) is 2.46. The summed E-state index contributed by atoms with van der Waals surface area (Å²) in [4.78, 5) is 24.2. The second-order valence-electron chi connectivity index (χ2n) is 6.30. The summed E-state index contributed by atoms with van der Waals surface area (Å²) in [6.45, 7) is 5.02. The molecule has 7 nitrogen and oxygen atoms in total. The number of hydrogen-bond donors (Lipinski definition) is 2. The third-order valence-corrected chi connectivity index (χ3v) is 3.68. The Kier molecular flexibility index (Phi) is 4.83. The smallest absolute Gasteiger partial charge is 0.338 e. The molecule has 0 atom stereocenters. The Balaban J connectivity index is 1.74. The summed E-state index contributed by atoms with van der Waals surface area (Å²) in [7, 11) is 0. The van der Waals surface area contributed by atoms with Crippen LogP contribution in [0.25, 0.3) is 5.65 Å². The predicted molar refractivity (Wildman–Crippen MR) is 96.9 cm³/mol. The summed E-state index contributed by atoms with van der Waals surface area (Å²) in [6.07, 6.45) is 1.69. The van der Waals surface area contributed by atoms with Gasteiger partial charge in [-0.15, -0.1) is 5.10 Å². The van der Waals surface area contributed by atoms with Crippen LogP contribution in [0.4, 0.5) is 10.5 Å². The van der Waals surface area contributed by atoms with Crippen LogP contribution in [-0.2, 0) is 6.54 Å². The normalized spacial score (nSPS) is 11.0. The molecule has 3 aromatic rings. The molecule has 2 amide bonds. The fourth-order valence-electron chi connectivity index (χ4n) is 2.46. The Morgan fingerprint density at radius 3 is 2.80 bits per heavy atom. The summed E-state index contributed by atoms with van der Waals surface area (Å²) in [5, 5.41) is 9.92. The van der Waals surface area contributed by atoms with E-state index >= 15 is 0 Å². The zero-order valence-electron chi connectivity index (χ0n) is 14.3. The van der Waals surface area contributed by atoms with Crippen LogP contribution >= 0.6 is 0 Å². The van der Waals surface area contributed by atoms with Crippen LogP contribution < -0.4 is 16.3 Å². The molecule has 2 N–H and O–H groups in total. The average Bonchev–Trinajstić information content (AvgIpc) is 2.90. The van der Waals surface area contributed by atoms with Crippen molar-refractivity contribution in [1.29, 1.82) is 0 Å². The maximum absolute atomic E-state index is 12.3. The number of urea groups is 1. The second kappa shape index (κ2) is 7.21. The molecular formula is C18H21N5O2. The lowest BCUT2D eigenvalue weighted by atomic mass is 10.2. The van der Waals surface area contributed by atoms with Crippen molar-refractivity contribution in [2.75, 3.05) is 11.9 Å². The number of benzene rings is 1. The third kappa shape index (κ3) is 4.06. The number of amides is 2. The minimum Gasteiger partial charge on any atom is -0.338 e. The average molecular weight is 339 g/mol. The zero-order chi connectivity index (χ0) is 17.8. The lowest BCUT2D eigenvalue weighted by Gasteiger charge is -2.10. The van der Waals surface area contributed by atoms with Crippen LogP contribution in [0.2, 0.25) is 0 Å². The molecule has 25 heavy (non-hydrogen) atoms. The molecule has 0 saturated carbocycles. The van der Waals surface area contributed by atoms with Crippen molar-refractivity contribution in [3.8, 4) is 0 Å². The minimum atomic E-state index is -0.240. The van der Waals surface area contributed by atoms with Crippen LogP contribution in [0.1, 0.15) is 19.4 Å². The van der Waals surface area contributed by atoms with Crippen LogP contribution in [0.3, 0.4) is 0 Å². The summed E-state index contributed by atoms with van der Waals surface area (Å²) in [5.74, 6) is 0.388. The number of carbonyl (C=O) groups excluding carboxylic acids is 1. The molecule has 0 aliphatic carbocycles. The van der Waals surface area contributed by atoms with Crippen molar-refractivity contribution >= 4 is 17.4 Å². The Bertz CT molecular complexity index is 942. The number of pyridine rings is 1. The van der Waals surface area contributed by atoms with Gasteiger partial charge >= 0.3 is 11.7 Å². The highest BCUT2D eigenvalue weighted by molar-refractivity contribution is 5.89. The molecule has 0 aliphatic rings. The van der Waals surface area contributed by atoms with Gasteiger partial charge in [-0.2, -0.15) is 0 Å². The first kappa shape index (κ1) is 16.8. The van der Waals surface area contributed by atoms with Crippen LogP contribution in [0.15, 0.2) is 53.5 Å². The van der Waals surface area contributed by atoms with Gasteiger partial charge in [0.15, 0.2) is 5.65 Å². The van der Waals surface area contributed by atoms with Gasteiger partial charge in [-0.05, 0) is 35.7 Å². The molecule has 0 spiro atoms. The van der Waals surface area contributed by atoms with Gasteiger partial charge in [0, 0.05) is 18.4 Å². The topological polar surface area (TPSA) is 80.4 Å². The Morgan fingerprint density at radius 1 is 1.20 bits per heavy atom. The van der Waals surface area contributed by atoms with E-state index in [1.807, 2.05) is 44.2 Å². The molecule has 130 valence electrons. The first-order valence-electron chi connectivity index (χ1n) is 8.21. The van der Waals surface area contributed by atoms with E-state index in [1.165, 1.54) is 9.08 Å². The van der Waals surface area contributed by atoms with Crippen molar-refractivity contribution in [2.45, 2.75) is 20.4 Å². The van der Waals surface area contributed by atoms with Crippen molar-refractivity contribution in [3.05, 3.63) is 64.7 Å². The number of nitrogens with one attached hydrogen (secondary N) is 2. The van der Waals surface area contributed by atoms with Crippen molar-refractivity contribution in [2.24, 2.45) is 5.92 Å². The molecule has 3 rings (SSSR count). The first-order valence-corrected chi connectivity index (χ1v) is 8.21. The Morgan fingerprint density at radius 2 is 2.04 bits per heavy atom. The van der Waals surface area contributed by atoms with Gasteiger partial charge in [0.05, 0.1) is 6.54 Å². The monoisotopic (exact) mass is 339 g/mol. The van der Waals surface area contributed by atoms with Gasteiger partial charge in [-0.3, -0.25) is 4.40 Å². The van der Waals surface area contributed by atoms with Gasteiger partial charge < -0.3 is 10.6 Å². The number of nitrogens with zero attached hydrogens (tertiary/aromatic N) is 3. The molecule has 0 aliphatic heterocycles. The second-order valence-corrected chi connectivity index (χ2v) is 6.30. The molecule has 0 fully saturated rings. The highest BCUT2D eigenvalue weighted by Crippen LogP contribution is 2.11. The largest absolute Gasteiger partial charge is 0.350 e. The van der Waals surface area contributed by atoms with Crippen LogP contribution in [0, 0.1) is 5.92 Å². The Labute approximate surface area is 145 Å². The number of rotatable bonds is 5. The van der Waals surface area contributed by atoms with Crippen LogP contribution in [0.5, 0.6) is 0 Å². The van der Waals surface area contributed by atoms with E-state index in [-0.39, 0.29) is 11.7 Å². The van der Waals surface area contributed by atoms with Crippen molar-refractivity contribution < 1.29 is 4.79 Å². The molecule has 0 radical (unpaired) electrons. The van der Waals surface area contributed by atoms with Crippen molar-refractivity contribution in [1.82, 2.24) is 19.5 Å². The maximum atomic E-state index is 12.3. The van der Waals surface area contributed by atoms with Crippen molar-refractivity contribution in [3.63, 3.8) is 0 Å². The van der Waals surface area contributed by atoms with Gasteiger partial charge in [0.25, 0.3) is 0 Å². The van der Waals surface area contributed by atoms with E-state index in [9.17, 15) is 9.59 Å². The summed E-state index contributed by atoms with van der Waals surface area (Å²) >= 11 is 0. The number of anilines is 1. The molecule has 2 heterocycles. The standard InChI is InChI=1S/C18H21N5O2/c1-13(2)11-19-17(24)20-15-7-5-6-14(10-15)12-23-18(25)22-9-4-3-8-16(22)21-23/h3-10,13H,11-12H2,1-2H3,(H2,19,20,24).